The third-order valence-electron chi connectivity index (χ3n) is 4.65. The van der Waals surface area contributed by atoms with E-state index in [1.54, 1.807) is 35.7 Å². The van der Waals surface area contributed by atoms with Crippen molar-refractivity contribution in [3.05, 3.63) is 23.8 Å². The van der Waals surface area contributed by atoms with Crippen LogP contribution in [0.4, 0.5) is 5.69 Å². The number of carbonyl (C=O) groups is 3. The van der Waals surface area contributed by atoms with Crippen LogP contribution in [0.25, 0.3) is 0 Å². The molecule has 0 saturated carbocycles. The lowest BCUT2D eigenvalue weighted by atomic mass is 9.90. The highest BCUT2D eigenvalue weighted by Gasteiger charge is 2.35. The van der Waals surface area contributed by atoms with E-state index < -0.39 is 11.9 Å². The number of nitrogens with one attached hydrogen (secondary N) is 1. The predicted octanol–water partition coefficient (Wildman–Crippen LogP) is 2.45. The van der Waals surface area contributed by atoms with Gasteiger partial charge in [-0.1, -0.05) is 0 Å². The Balaban J connectivity index is 1.85. The van der Waals surface area contributed by atoms with Gasteiger partial charge in [0.1, 0.15) is 0 Å². The molecule has 1 fully saturated rings. The summed E-state index contributed by atoms with van der Waals surface area (Å²) in [6, 6.07) is 4.96. The number of carboxylic acid groups (broad SMARTS) is 1. The molecule has 0 bridgehead atoms. The molecule has 1 aromatic rings. The van der Waals surface area contributed by atoms with E-state index in [4.69, 9.17) is 0 Å². The van der Waals surface area contributed by atoms with Crippen molar-refractivity contribution in [1.82, 2.24) is 4.90 Å². The Kier molecular flexibility index (Phi) is 4.80. The van der Waals surface area contributed by atoms with Crippen molar-refractivity contribution in [2.24, 2.45) is 5.92 Å². The molecule has 0 aliphatic carbocycles. The smallest absolute Gasteiger partial charge is 0.308 e. The van der Waals surface area contributed by atoms with Gasteiger partial charge in [0.15, 0.2) is 0 Å². The summed E-state index contributed by atoms with van der Waals surface area (Å²) in [7, 11) is 0. The van der Waals surface area contributed by atoms with Crippen molar-refractivity contribution >= 4 is 35.2 Å². The first-order valence-electron chi connectivity index (χ1n) is 8.08. The van der Waals surface area contributed by atoms with Gasteiger partial charge < -0.3 is 15.3 Å². The zero-order valence-electron chi connectivity index (χ0n) is 13.4. The number of anilines is 1. The highest BCUT2D eigenvalue weighted by molar-refractivity contribution is 7.99. The third-order valence-corrected chi connectivity index (χ3v) is 5.73. The average Bonchev–Trinajstić information content (AvgIpc) is 2.73. The molecule has 1 saturated heterocycles. The summed E-state index contributed by atoms with van der Waals surface area (Å²) in [5, 5.41) is 12.1. The van der Waals surface area contributed by atoms with E-state index in [0.717, 1.165) is 10.6 Å². The summed E-state index contributed by atoms with van der Waals surface area (Å²) in [5.74, 6) is -0.900. The average molecular weight is 348 g/mol. The maximum absolute atomic E-state index is 12.8. The Morgan fingerprint density at radius 1 is 1.38 bits per heavy atom. The molecule has 2 aliphatic heterocycles. The van der Waals surface area contributed by atoms with Crippen LogP contribution in [-0.2, 0) is 9.59 Å². The van der Waals surface area contributed by atoms with Gasteiger partial charge in [0, 0.05) is 35.2 Å². The third kappa shape index (κ3) is 3.26. The van der Waals surface area contributed by atoms with Crippen molar-refractivity contribution in [3.8, 4) is 0 Å². The summed E-state index contributed by atoms with van der Waals surface area (Å²) in [6.07, 6.45) is 1.73. The molecule has 0 aromatic heterocycles. The molecule has 2 atom stereocenters. The fraction of sp³-hybridized carbons (Fsp3) is 0.471. The number of thioether (sulfide) groups is 1. The molecule has 2 heterocycles. The summed E-state index contributed by atoms with van der Waals surface area (Å²) < 4.78 is 0. The molecule has 3 rings (SSSR count). The molecule has 2 amide bonds. The molecule has 1 aromatic carbocycles. The second kappa shape index (κ2) is 6.84. The van der Waals surface area contributed by atoms with Crippen LogP contribution in [-0.4, -0.2) is 46.1 Å². The predicted molar refractivity (Wildman–Crippen MR) is 91.3 cm³/mol. The molecule has 128 valence electrons. The van der Waals surface area contributed by atoms with E-state index in [0.29, 0.717) is 37.1 Å². The Morgan fingerprint density at radius 2 is 2.17 bits per heavy atom. The number of piperidine rings is 1. The first kappa shape index (κ1) is 16.8. The zero-order valence-corrected chi connectivity index (χ0v) is 14.3. The number of fused-ring (bicyclic) bond motifs is 1. The molecular weight excluding hydrogens is 328 g/mol. The Labute approximate surface area is 144 Å². The molecular formula is C17H20N2O4S. The quantitative estimate of drug-likeness (QED) is 0.857. The first-order valence-corrected chi connectivity index (χ1v) is 9.06. The van der Waals surface area contributed by atoms with E-state index in [1.165, 1.54) is 0 Å². The van der Waals surface area contributed by atoms with Crippen LogP contribution in [0.1, 0.15) is 36.5 Å². The fourth-order valence-corrected chi connectivity index (χ4v) is 4.22. The van der Waals surface area contributed by atoms with Crippen LogP contribution in [0, 0.1) is 5.92 Å². The molecule has 7 heteroatoms. The molecule has 0 unspecified atom stereocenters. The molecule has 6 nitrogen and oxygen atoms in total. The maximum atomic E-state index is 12.8. The second-order valence-electron chi connectivity index (χ2n) is 6.18. The van der Waals surface area contributed by atoms with E-state index >= 15 is 0 Å². The van der Waals surface area contributed by atoms with Gasteiger partial charge in [-0.15, -0.1) is 11.8 Å². The van der Waals surface area contributed by atoms with Crippen LogP contribution in [0.3, 0.4) is 0 Å². The van der Waals surface area contributed by atoms with Gasteiger partial charge in [0.2, 0.25) is 5.91 Å². The molecule has 24 heavy (non-hydrogen) atoms. The fourth-order valence-electron chi connectivity index (χ4n) is 3.28. The number of rotatable bonds is 2. The van der Waals surface area contributed by atoms with Crippen molar-refractivity contribution in [2.75, 3.05) is 17.6 Å². The van der Waals surface area contributed by atoms with Crippen LogP contribution in [0.15, 0.2) is 23.1 Å². The van der Waals surface area contributed by atoms with Crippen LogP contribution >= 0.6 is 11.8 Å². The topological polar surface area (TPSA) is 86.7 Å². The van der Waals surface area contributed by atoms with E-state index in [1.807, 2.05) is 6.07 Å². The summed E-state index contributed by atoms with van der Waals surface area (Å²) in [6.45, 7) is 2.35. The van der Waals surface area contributed by atoms with Gasteiger partial charge in [0.05, 0.1) is 11.6 Å². The van der Waals surface area contributed by atoms with Crippen LogP contribution < -0.4 is 5.32 Å². The Hall–Kier alpha value is -2.02. The van der Waals surface area contributed by atoms with Gasteiger partial charge in [-0.2, -0.15) is 0 Å². The molecule has 2 aliphatic rings. The van der Waals surface area contributed by atoms with E-state index in [2.05, 4.69) is 5.32 Å². The Morgan fingerprint density at radius 3 is 2.92 bits per heavy atom. The number of aliphatic carboxylic acids is 1. The number of hydrogen-bond donors (Lipinski definition) is 2. The van der Waals surface area contributed by atoms with E-state index in [-0.39, 0.29) is 17.9 Å². The van der Waals surface area contributed by atoms with Gasteiger partial charge >= 0.3 is 5.97 Å². The minimum Gasteiger partial charge on any atom is -0.481 e. The zero-order chi connectivity index (χ0) is 17.3. The normalized spacial score (nSPS) is 23.9. The van der Waals surface area contributed by atoms with Gasteiger partial charge in [-0.3, -0.25) is 14.4 Å². The lowest BCUT2D eigenvalue weighted by Crippen LogP contribution is -2.49. The van der Waals surface area contributed by atoms with Crippen LogP contribution in [0.5, 0.6) is 0 Å². The van der Waals surface area contributed by atoms with Gasteiger partial charge in [-0.05, 0) is 38.0 Å². The summed E-state index contributed by atoms with van der Waals surface area (Å²) >= 11 is 1.59. The minimum absolute atomic E-state index is 0.0527. The second-order valence-corrected chi connectivity index (χ2v) is 7.32. The number of amides is 2. The molecule has 0 radical (unpaired) electrons. The highest BCUT2D eigenvalue weighted by Crippen LogP contribution is 2.32. The molecule has 2 N–H and O–H groups in total. The lowest BCUT2D eigenvalue weighted by Gasteiger charge is -2.37. The number of carboxylic acids is 1. The largest absolute Gasteiger partial charge is 0.481 e. The van der Waals surface area contributed by atoms with Crippen LogP contribution in [0.2, 0.25) is 0 Å². The number of hydrogen-bond acceptors (Lipinski definition) is 4. The summed E-state index contributed by atoms with van der Waals surface area (Å²) in [5.41, 5.74) is 1.14. The number of carbonyl (C=O) groups excluding carboxylic acids is 2. The van der Waals surface area contributed by atoms with Crippen molar-refractivity contribution < 1.29 is 19.5 Å². The number of nitrogens with zero attached hydrogens (tertiary/aromatic N) is 1. The Bertz CT molecular complexity index is 691. The minimum atomic E-state index is -0.856. The first-order chi connectivity index (χ1) is 11.5. The highest BCUT2D eigenvalue weighted by atomic mass is 32.2. The van der Waals surface area contributed by atoms with Gasteiger partial charge in [0.25, 0.3) is 5.91 Å². The van der Waals surface area contributed by atoms with E-state index in [9.17, 15) is 19.5 Å². The summed E-state index contributed by atoms with van der Waals surface area (Å²) in [4.78, 5) is 38.5. The maximum Gasteiger partial charge on any atom is 0.308 e. The van der Waals surface area contributed by atoms with Crippen molar-refractivity contribution in [3.63, 3.8) is 0 Å². The number of likely N-dealkylation sites (tertiary alicyclic amines) is 1. The lowest BCUT2D eigenvalue weighted by molar-refractivity contribution is -0.145. The van der Waals surface area contributed by atoms with Gasteiger partial charge in [-0.25, -0.2) is 0 Å². The van der Waals surface area contributed by atoms with Crippen molar-refractivity contribution in [1.29, 1.82) is 0 Å². The standard InChI is InChI=1S/C17H20N2O4S/c1-10-12(17(22)23)3-2-7-19(10)16(21)11-4-5-14-13(9-11)18-15(20)6-8-24-14/h4-5,9-10,12H,2-3,6-8H2,1H3,(H,18,20)(H,22,23)/t10-,12-/m1/s1. The molecule has 0 spiro atoms. The SMILES string of the molecule is C[C@@H]1[C@H](C(=O)O)CCCN1C(=O)c1ccc2c(c1)NC(=O)CCS2. The number of benzene rings is 1. The van der Waals surface area contributed by atoms with Crippen molar-refractivity contribution in [2.45, 2.75) is 37.1 Å². The monoisotopic (exact) mass is 348 g/mol.